The number of rotatable bonds is 4. The SMILES string of the molecule is C[C@@H](C(=O)[O-])N1C(=O)/C(=C2/C(=O)N(Cc3ccccc3)c3ccccc32)SC1=S. The molecule has 0 N–H and O–H groups in total. The molecule has 0 spiro atoms. The predicted octanol–water partition coefficient (Wildman–Crippen LogP) is 1.94. The number of fused-ring (bicyclic) bond motifs is 1. The molecule has 2 aliphatic heterocycles. The predicted molar refractivity (Wildman–Crippen MR) is 112 cm³/mol. The van der Waals surface area contributed by atoms with Gasteiger partial charge >= 0.3 is 0 Å². The van der Waals surface area contributed by atoms with Crippen LogP contribution in [0.25, 0.3) is 5.57 Å². The number of hydrogen-bond acceptors (Lipinski definition) is 6. The number of para-hydroxylation sites is 1. The van der Waals surface area contributed by atoms with Crippen molar-refractivity contribution < 1.29 is 19.5 Å². The Hall–Kier alpha value is -2.97. The lowest BCUT2D eigenvalue weighted by atomic mass is 10.1. The molecule has 0 saturated carbocycles. The van der Waals surface area contributed by atoms with Crippen LogP contribution in [0.4, 0.5) is 5.69 Å². The first-order valence-electron chi connectivity index (χ1n) is 8.86. The van der Waals surface area contributed by atoms with Crippen LogP contribution < -0.4 is 10.0 Å². The van der Waals surface area contributed by atoms with Gasteiger partial charge < -0.3 is 14.8 Å². The molecule has 2 aromatic carbocycles. The summed E-state index contributed by atoms with van der Waals surface area (Å²) in [5, 5.41) is 11.3. The van der Waals surface area contributed by atoms with E-state index in [9.17, 15) is 19.5 Å². The average Bonchev–Trinajstić information content (AvgIpc) is 3.15. The molecule has 1 saturated heterocycles. The average molecular weight is 423 g/mol. The Labute approximate surface area is 176 Å². The van der Waals surface area contributed by atoms with Crippen molar-refractivity contribution in [1.29, 1.82) is 0 Å². The first kappa shape index (κ1) is 19.4. The van der Waals surface area contributed by atoms with Crippen LogP contribution >= 0.6 is 24.0 Å². The van der Waals surface area contributed by atoms with E-state index in [1.54, 1.807) is 17.0 Å². The van der Waals surface area contributed by atoms with Gasteiger partial charge in [0.25, 0.3) is 11.8 Å². The zero-order chi connectivity index (χ0) is 20.7. The number of amides is 2. The zero-order valence-electron chi connectivity index (χ0n) is 15.3. The summed E-state index contributed by atoms with van der Waals surface area (Å²) >= 11 is 6.16. The number of thiocarbonyl (C=S) groups is 1. The molecule has 6 nitrogen and oxygen atoms in total. The highest BCUT2D eigenvalue weighted by Crippen LogP contribution is 2.45. The van der Waals surface area contributed by atoms with Crippen molar-refractivity contribution in [2.45, 2.75) is 19.5 Å². The van der Waals surface area contributed by atoms with E-state index < -0.39 is 17.9 Å². The highest BCUT2D eigenvalue weighted by molar-refractivity contribution is 8.26. The summed E-state index contributed by atoms with van der Waals surface area (Å²) in [6, 6.07) is 15.6. The number of carbonyl (C=O) groups excluding carboxylic acids is 3. The van der Waals surface area contributed by atoms with Crippen LogP contribution in [0.5, 0.6) is 0 Å². The largest absolute Gasteiger partial charge is 0.548 e. The van der Waals surface area contributed by atoms with Crippen LogP contribution in [0.1, 0.15) is 18.1 Å². The van der Waals surface area contributed by atoms with E-state index in [0.29, 0.717) is 17.8 Å². The molecule has 0 aromatic heterocycles. The maximum absolute atomic E-state index is 13.3. The third-order valence-electron chi connectivity index (χ3n) is 4.86. The van der Waals surface area contributed by atoms with Gasteiger partial charge in [-0.15, -0.1) is 0 Å². The lowest BCUT2D eigenvalue weighted by molar-refractivity contribution is -0.309. The minimum Gasteiger partial charge on any atom is -0.548 e. The van der Waals surface area contributed by atoms with Gasteiger partial charge in [-0.05, 0) is 18.6 Å². The molecule has 0 bridgehead atoms. The fourth-order valence-corrected chi connectivity index (χ4v) is 4.88. The second-order valence-electron chi connectivity index (χ2n) is 6.64. The molecule has 29 heavy (non-hydrogen) atoms. The lowest BCUT2D eigenvalue weighted by Crippen LogP contribution is -2.48. The lowest BCUT2D eigenvalue weighted by Gasteiger charge is -2.23. The van der Waals surface area contributed by atoms with Gasteiger partial charge in [-0.1, -0.05) is 72.5 Å². The minimum atomic E-state index is -1.41. The number of carboxylic acid groups (broad SMARTS) is 1. The van der Waals surface area contributed by atoms with Gasteiger partial charge in [0.05, 0.1) is 34.7 Å². The summed E-state index contributed by atoms with van der Waals surface area (Å²) in [5.41, 5.74) is 2.54. The van der Waals surface area contributed by atoms with E-state index in [1.165, 1.54) is 6.92 Å². The van der Waals surface area contributed by atoms with Crippen molar-refractivity contribution in [3.05, 3.63) is 70.6 Å². The second-order valence-corrected chi connectivity index (χ2v) is 8.28. The summed E-state index contributed by atoms with van der Waals surface area (Å²) in [4.78, 5) is 40.3. The first-order valence-corrected chi connectivity index (χ1v) is 10.1. The maximum Gasteiger partial charge on any atom is 0.267 e. The summed E-state index contributed by atoms with van der Waals surface area (Å²) in [6.07, 6.45) is 0. The number of thioether (sulfide) groups is 1. The molecule has 2 aliphatic rings. The van der Waals surface area contributed by atoms with Crippen molar-refractivity contribution in [2.24, 2.45) is 0 Å². The number of carboxylic acids is 1. The third kappa shape index (κ3) is 3.24. The molecule has 146 valence electrons. The second kappa shape index (κ2) is 7.46. The monoisotopic (exact) mass is 423 g/mol. The maximum atomic E-state index is 13.3. The van der Waals surface area contributed by atoms with Gasteiger partial charge in [-0.2, -0.15) is 0 Å². The van der Waals surface area contributed by atoms with Gasteiger partial charge in [0.15, 0.2) is 0 Å². The fraction of sp³-hybridized carbons (Fsp3) is 0.143. The van der Waals surface area contributed by atoms with E-state index in [2.05, 4.69) is 0 Å². The number of aliphatic carboxylic acids is 1. The minimum absolute atomic E-state index is 0.0981. The Balaban J connectivity index is 1.79. The molecule has 1 atom stereocenters. The number of hydrogen-bond donors (Lipinski definition) is 0. The topological polar surface area (TPSA) is 80.7 Å². The Kier molecular flexibility index (Phi) is 4.97. The van der Waals surface area contributed by atoms with E-state index in [-0.39, 0.29) is 20.7 Å². The summed E-state index contributed by atoms with van der Waals surface area (Å²) in [6.45, 7) is 1.69. The zero-order valence-corrected chi connectivity index (χ0v) is 17.0. The van der Waals surface area contributed by atoms with Gasteiger partial charge in [-0.25, -0.2) is 0 Å². The molecule has 2 amide bonds. The number of anilines is 1. The number of nitrogens with zero attached hydrogens (tertiary/aromatic N) is 2. The van der Waals surface area contributed by atoms with Gasteiger partial charge in [0.1, 0.15) is 4.32 Å². The summed E-state index contributed by atoms with van der Waals surface area (Å²) in [7, 11) is 0. The number of benzene rings is 2. The van der Waals surface area contributed by atoms with Gasteiger partial charge in [0, 0.05) is 5.56 Å². The van der Waals surface area contributed by atoms with Gasteiger partial charge in [-0.3, -0.25) is 14.5 Å². The van der Waals surface area contributed by atoms with E-state index in [1.807, 2.05) is 42.5 Å². The van der Waals surface area contributed by atoms with Crippen molar-refractivity contribution in [3.8, 4) is 0 Å². The van der Waals surface area contributed by atoms with Crippen molar-refractivity contribution >= 4 is 57.3 Å². The molecule has 2 aromatic rings. The Bertz CT molecular complexity index is 1080. The van der Waals surface area contributed by atoms with E-state index in [4.69, 9.17) is 12.2 Å². The Morgan fingerprint density at radius 2 is 1.72 bits per heavy atom. The molecule has 4 rings (SSSR count). The van der Waals surface area contributed by atoms with Crippen LogP contribution in [0.3, 0.4) is 0 Å². The Morgan fingerprint density at radius 1 is 1.07 bits per heavy atom. The summed E-state index contributed by atoms with van der Waals surface area (Å²) < 4.78 is 0.0981. The third-order valence-corrected chi connectivity index (χ3v) is 6.26. The van der Waals surface area contributed by atoms with Crippen molar-refractivity contribution in [3.63, 3.8) is 0 Å². The van der Waals surface area contributed by atoms with Crippen LogP contribution in [0.2, 0.25) is 0 Å². The van der Waals surface area contributed by atoms with Crippen LogP contribution in [0.15, 0.2) is 59.5 Å². The Morgan fingerprint density at radius 3 is 2.41 bits per heavy atom. The normalized spacial score (nSPS) is 19.7. The highest BCUT2D eigenvalue weighted by atomic mass is 32.2. The molecular weight excluding hydrogens is 408 g/mol. The summed E-state index contributed by atoms with van der Waals surface area (Å²) in [5.74, 6) is -2.30. The molecule has 0 radical (unpaired) electrons. The smallest absolute Gasteiger partial charge is 0.267 e. The standard InChI is InChI=1S/C21H16N2O4S2/c1-12(20(26)27)23-19(25)17(29-21(23)28)16-14-9-5-6-10-15(14)22(18(16)24)11-13-7-3-2-4-8-13/h2-10,12H,11H2,1H3,(H,26,27)/p-1/b17-16-/t12-/m0/s1. The molecular formula is C21H15N2O4S2-. The molecule has 0 aliphatic carbocycles. The van der Waals surface area contributed by atoms with Crippen molar-refractivity contribution in [1.82, 2.24) is 4.90 Å². The van der Waals surface area contributed by atoms with E-state index in [0.717, 1.165) is 22.2 Å². The molecule has 2 heterocycles. The van der Waals surface area contributed by atoms with Crippen LogP contribution in [0, 0.1) is 0 Å². The van der Waals surface area contributed by atoms with E-state index >= 15 is 0 Å². The molecule has 0 unspecified atom stereocenters. The van der Waals surface area contributed by atoms with Gasteiger partial charge in [0.2, 0.25) is 0 Å². The first-order chi connectivity index (χ1) is 13.9. The van der Waals surface area contributed by atoms with Crippen LogP contribution in [-0.2, 0) is 20.9 Å². The number of carbonyl (C=O) groups is 3. The molecule has 1 fully saturated rings. The van der Waals surface area contributed by atoms with Crippen LogP contribution in [-0.4, -0.2) is 33.0 Å². The van der Waals surface area contributed by atoms with Crippen molar-refractivity contribution in [2.75, 3.05) is 4.90 Å². The molecule has 8 heteroatoms. The quantitative estimate of drug-likeness (QED) is 0.552. The fourth-order valence-electron chi connectivity index (χ4n) is 3.39. The highest BCUT2D eigenvalue weighted by Gasteiger charge is 2.43.